The second-order valence-electron chi connectivity index (χ2n) is 9.00. The molecule has 6 nitrogen and oxygen atoms in total. The molecular weight excluding hydrogens is 389 g/mol. The molecule has 0 spiro atoms. The number of methoxy groups -OCH3 is 1. The van der Waals surface area contributed by atoms with E-state index in [2.05, 4.69) is 25.9 Å². The molecule has 29 heavy (non-hydrogen) atoms. The Hall–Kier alpha value is -1.36. The molecule has 1 aromatic carbocycles. The highest BCUT2D eigenvalue weighted by atomic mass is 31.2. The fourth-order valence-electron chi connectivity index (χ4n) is 3.52. The SMILES string of the molecule is COCP(=O)(NC(C)(C(=O)O)C(C)C)Oc1c(C(C)C)cccc1[C@H](C)C1CC1. The topological polar surface area (TPSA) is 84.9 Å². The maximum absolute atomic E-state index is 13.8. The molecule has 1 aromatic rings. The molecule has 0 aliphatic heterocycles. The van der Waals surface area contributed by atoms with E-state index in [1.54, 1.807) is 13.8 Å². The van der Waals surface area contributed by atoms with Gasteiger partial charge >= 0.3 is 13.5 Å². The van der Waals surface area contributed by atoms with Crippen LogP contribution in [0.5, 0.6) is 5.75 Å². The molecule has 1 saturated carbocycles. The largest absolute Gasteiger partial charge is 0.480 e. The average molecular weight is 426 g/mol. The zero-order valence-electron chi connectivity index (χ0n) is 18.7. The summed E-state index contributed by atoms with van der Waals surface area (Å²) in [4.78, 5) is 12.0. The Kier molecular flexibility index (Phi) is 7.58. The van der Waals surface area contributed by atoms with Crippen LogP contribution in [0.2, 0.25) is 0 Å². The lowest BCUT2D eigenvalue weighted by atomic mass is 9.90. The predicted molar refractivity (Wildman–Crippen MR) is 116 cm³/mol. The zero-order chi connectivity index (χ0) is 22.0. The molecule has 2 N–H and O–H groups in total. The minimum absolute atomic E-state index is 0.170. The third-order valence-corrected chi connectivity index (χ3v) is 7.94. The lowest BCUT2D eigenvalue weighted by Gasteiger charge is -2.35. The average Bonchev–Trinajstić information content (AvgIpc) is 3.45. The van der Waals surface area contributed by atoms with Gasteiger partial charge in [-0.15, -0.1) is 0 Å². The number of hydrogen-bond donors (Lipinski definition) is 2. The van der Waals surface area contributed by atoms with Gasteiger partial charge in [0.25, 0.3) is 0 Å². The Bertz CT molecular complexity index is 774. The lowest BCUT2D eigenvalue weighted by molar-refractivity contribution is -0.145. The molecule has 1 fully saturated rings. The number of ether oxygens (including phenoxy) is 1. The lowest BCUT2D eigenvalue weighted by Crippen LogP contribution is -2.52. The van der Waals surface area contributed by atoms with Crippen molar-refractivity contribution >= 4 is 13.5 Å². The summed E-state index contributed by atoms with van der Waals surface area (Å²) in [6, 6.07) is 6.03. The quantitative estimate of drug-likeness (QED) is 0.450. The number of hydrogen-bond acceptors (Lipinski definition) is 4. The first-order valence-electron chi connectivity index (χ1n) is 10.4. The Morgan fingerprint density at radius 1 is 1.24 bits per heavy atom. The van der Waals surface area contributed by atoms with Gasteiger partial charge in [-0.25, -0.2) is 5.09 Å². The molecule has 1 aliphatic carbocycles. The molecule has 2 rings (SSSR count). The van der Waals surface area contributed by atoms with Gasteiger partial charge in [0.2, 0.25) is 0 Å². The number of para-hydroxylation sites is 1. The molecule has 3 atom stereocenters. The predicted octanol–water partition coefficient (Wildman–Crippen LogP) is 5.59. The van der Waals surface area contributed by atoms with Crippen molar-refractivity contribution in [3.8, 4) is 5.75 Å². The van der Waals surface area contributed by atoms with Crippen LogP contribution in [0.4, 0.5) is 0 Å². The molecule has 0 amide bonds. The maximum atomic E-state index is 13.8. The van der Waals surface area contributed by atoms with Crippen molar-refractivity contribution in [2.24, 2.45) is 11.8 Å². The summed E-state index contributed by atoms with van der Waals surface area (Å²) < 4.78 is 25.2. The van der Waals surface area contributed by atoms with E-state index in [0.717, 1.165) is 11.1 Å². The summed E-state index contributed by atoms with van der Waals surface area (Å²) in [6.45, 7) is 11.4. The third-order valence-electron chi connectivity index (χ3n) is 6.06. The number of nitrogens with one attached hydrogen (secondary N) is 1. The Morgan fingerprint density at radius 2 is 1.83 bits per heavy atom. The molecular formula is C22H36NO5P. The van der Waals surface area contributed by atoms with E-state index in [4.69, 9.17) is 9.26 Å². The second-order valence-corrected chi connectivity index (χ2v) is 11.0. The van der Waals surface area contributed by atoms with Crippen LogP contribution in [-0.2, 0) is 14.1 Å². The number of aliphatic carboxylic acids is 1. The van der Waals surface area contributed by atoms with Crippen LogP contribution in [-0.4, -0.2) is 30.1 Å². The molecule has 0 radical (unpaired) electrons. The first kappa shape index (κ1) is 23.9. The van der Waals surface area contributed by atoms with Crippen LogP contribution in [0.1, 0.15) is 77.3 Å². The molecule has 7 heteroatoms. The maximum Gasteiger partial charge on any atom is 0.342 e. The van der Waals surface area contributed by atoms with Gasteiger partial charge in [0.05, 0.1) is 0 Å². The van der Waals surface area contributed by atoms with Gasteiger partial charge in [-0.3, -0.25) is 9.36 Å². The molecule has 0 aromatic heterocycles. The number of carbonyl (C=O) groups is 1. The number of rotatable bonds is 11. The van der Waals surface area contributed by atoms with E-state index < -0.39 is 19.0 Å². The smallest absolute Gasteiger partial charge is 0.342 e. The standard InChI is InChI=1S/C22H36NO5P/c1-14(2)18-9-8-10-19(16(5)17-11-12-17)20(18)28-29(26,13-27-7)23-22(6,15(3)4)21(24)25/h8-10,14-17H,11-13H2,1-7H3,(H,23,26)(H,24,25)/t16-,22?,29?/m1/s1. The zero-order valence-corrected chi connectivity index (χ0v) is 19.6. The summed E-state index contributed by atoms with van der Waals surface area (Å²) in [7, 11) is -2.23. The van der Waals surface area contributed by atoms with E-state index in [-0.39, 0.29) is 24.1 Å². The highest BCUT2D eigenvalue weighted by Crippen LogP contribution is 2.52. The van der Waals surface area contributed by atoms with E-state index in [1.807, 2.05) is 18.2 Å². The summed E-state index contributed by atoms with van der Waals surface area (Å²) in [5.41, 5.74) is 0.580. The third kappa shape index (κ3) is 5.42. The summed E-state index contributed by atoms with van der Waals surface area (Å²) in [6.07, 6.45) is 2.15. The van der Waals surface area contributed by atoms with Crippen LogP contribution in [0.25, 0.3) is 0 Å². The van der Waals surface area contributed by atoms with E-state index in [9.17, 15) is 14.5 Å². The fourth-order valence-corrected chi connectivity index (χ4v) is 5.59. The van der Waals surface area contributed by atoms with Gasteiger partial charge in [0.15, 0.2) is 0 Å². The van der Waals surface area contributed by atoms with E-state index in [0.29, 0.717) is 11.7 Å². The first-order chi connectivity index (χ1) is 13.4. The van der Waals surface area contributed by atoms with Crippen LogP contribution >= 0.6 is 7.52 Å². The Balaban J connectivity index is 2.51. The van der Waals surface area contributed by atoms with Crippen molar-refractivity contribution in [2.45, 2.75) is 71.8 Å². The molecule has 2 unspecified atom stereocenters. The van der Waals surface area contributed by atoms with Crippen molar-refractivity contribution in [2.75, 3.05) is 13.5 Å². The Labute approximate surface area is 174 Å². The summed E-state index contributed by atoms with van der Waals surface area (Å²) in [5.74, 6) is 0.287. The molecule has 1 aliphatic rings. The van der Waals surface area contributed by atoms with E-state index >= 15 is 0 Å². The van der Waals surface area contributed by atoms with Crippen LogP contribution in [0.15, 0.2) is 18.2 Å². The van der Waals surface area contributed by atoms with Gasteiger partial charge < -0.3 is 14.4 Å². The highest BCUT2D eigenvalue weighted by molar-refractivity contribution is 7.57. The number of carboxylic acid groups (broad SMARTS) is 1. The van der Waals surface area contributed by atoms with Crippen LogP contribution in [0.3, 0.4) is 0 Å². The van der Waals surface area contributed by atoms with Crippen LogP contribution in [0, 0.1) is 11.8 Å². The first-order valence-corrected chi connectivity index (χ1v) is 12.2. The Morgan fingerprint density at radius 3 is 2.28 bits per heavy atom. The number of benzene rings is 1. The van der Waals surface area contributed by atoms with Gasteiger partial charge in [0, 0.05) is 7.11 Å². The van der Waals surface area contributed by atoms with Gasteiger partial charge in [-0.05, 0) is 54.6 Å². The molecule has 0 saturated heterocycles. The number of carboxylic acids is 1. The summed E-state index contributed by atoms with van der Waals surface area (Å²) in [5, 5.41) is 12.6. The fraction of sp³-hybridized carbons (Fsp3) is 0.682. The van der Waals surface area contributed by atoms with Crippen molar-refractivity contribution in [1.29, 1.82) is 0 Å². The van der Waals surface area contributed by atoms with Gasteiger partial charge in [-0.2, -0.15) is 0 Å². The van der Waals surface area contributed by atoms with Crippen molar-refractivity contribution in [3.63, 3.8) is 0 Å². The normalized spacial score (nSPS) is 19.6. The second kappa shape index (κ2) is 9.20. The highest BCUT2D eigenvalue weighted by Gasteiger charge is 2.44. The minimum Gasteiger partial charge on any atom is -0.480 e. The molecule has 0 bridgehead atoms. The minimum atomic E-state index is -3.67. The summed E-state index contributed by atoms with van der Waals surface area (Å²) >= 11 is 0. The van der Waals surface area contributed by atoms with Crippen molar-refractivity contribution < 1.29 is 23.7 Å². The monoisotopic (exact) mass is 425 g/mol. The van der Waals surface area contributed by atoms with Crippen molar-refractivity contribution in [1.82, 2.24) is 5.09 Å². The van der Waals surface area contributed by atoms with Gasteiger partial charge in [0.1, 0.15) is 17.6 Å². The van der Waals surface area contributed by atoms with Crippen molar-refractivity contribution in [3.05, 3.63) is 29.3 Å². The molecule has 164 valence electrons. The van der Waals surface area contributed by atoms with Crippen LogP contribution < -0.4 is 9.61 Å². The van der Waals surface area contributed by atoms with E-state index in [1.165, 1.54) is 26.9 Å². The van der Waals surface area contributed by atoms with Gasteiger partial charge in [-0.1, -0.05) is 52.8 Å². The molecule has 0 heterocycles.